The Morgan fingerprint density at radius 3 is 3.04 bits per heavy atom. The van der Waals surface area contributed by atoms with E-state index in [-0.39, 0.29) is 17.4 Å². The Labute approximate surface area is 158 Å². The second kappa shape index (κ2) is 7.05. The molecule has 1 aliphatic heterocycles. The number of rotatable bonds is 6. The van der Waals surface area contributed by atoms with Gasteiger partial charge in [0.15, 0.2) is 10.9 Å². The largest absolute Gasteiger partial charge is 0.326 e. The van der Waals surface area contributed by atoms with Gasteiger partial charge in [0.05, 0.1) is 12.2 Å². The van der Waals surface area contributed by atoms with Crippen LogP contribution in [0.2, 0.25) is 0 Å². The normalized spacial score (nSPS) is 12.9. The first-order valence-corrected chi connectivity index (χ1v) is 9.96. The summed E-state index contributed by atoms with van der Waals surface area (Å²) >= 11 is 3.07. The highest BCUT2D eigenvalue weighted by molar-refractivity contribution is 7.99. The van der Waals surface area contributed by atoms with E-state index in [1.165, 1.54) is 16.6 Å². The highest BCUT2D eigenvalue weighted by Gasteiger charge is 2.19. The second-order valence-electron chi connectivity index (χ2n) is 6.02. The molecule has 0 aliphatic carbocycles. The molecule has 4 rings (SSSR count). The molecule has 0 bridgehead atoms. The fraction of sp³-hybridized carbons (Fsp3) is 0.222. The Hall–Kier alpha value is -2.45. The van der Waals surface area contributed by atoms with Crippen LogP contribution in [0.25, 0.3) is 0 Å². The summed E-state index contributed by atoms with van der Waals surface area (Å²) in [6, 6.07) is 9.44. The average molecular weight is 384 g/mol. The maximum atomic E-state index is 12.5. The molecule has 8 heteroatoms. The van der Waals surface area contributed by atoms with Gasteiger partial charge in [-0.05, 0) is 35.2 Å². The lowest BCUT2D eigenvalue weighted by molar-refractivity contribution is -0.115. The van der Waals surface area contributed by atoms with E-state index in [9.17, 15) is 9.59 Å². The van der Waals surface area contributed by atoms with Crippen LogP contribution in [0.1, 0.15) is 26.6 Å². The number of fused-ring (bicyclic) bond motifs is 1. The summed E-state index contributed by atoms with van der Waals surface area (Å²) in [5.74, 6) is 1.14. The molecule has 0 saturated carbocycles. The number of hydrogen-bond acceptors (Lipinski definition) is 6. The van der Waals surface area contributed by atoms with Crippen LogP contribution in [0, 0.1) is 0 Å². The molecule has 0 atom stereocenters. The van der Waals surface area contributed by atoms with Crippen molar-refractivity contribution in [2.24, 2.45) is 7.05 Å². The van der Waals surface area contributed by atoms with Crippen LogP contribution in [-0.4, -0.2) is 32.2 Å². The topological polar surface area (TPSA) is 76.9 Å². The van der Waals surface area contributed by atoms with E-state index in [2.05, 4.69) is 21.6 Å². The third-order valence-corrected chi connectivity index (χ3v) is 6.12. The molecule has 132 valence electrons. The molecule has 6 nitrogen and oxygen atoms in total. The molecule has 0 unspecified atom stereocenters. The van der Waals surface area contributed by atoms with E-state index < -0.39 is 0 Å². The van der Waals surface area contributed by atoms with E-state index in [4.69, 9.17) is 0 Å². The summed E-state index contributed by atoms with van der Waals surface area (Å²) < 4.78 is 1.93. The van der Waals surface area contributed by atoms with Crippen LogP contribution < -0.4 is 5.32 Å². The van der Waals surface area contributed by atoms with Gasteiger partial charge in [-0.3, -0.25) is 9.59 Å². The van der Waals surface area contributed by atoms with Gasteiger partial charge < -0.3 is 9.88 Å². The summed E-state index contributed by atoms with van der Waals surface area (Å²) in [6.07, 6.45) is 1.07. The van der Waals surface area contributed by atoms with Crippen molar-refractivity contribution in [1.29, 1.82) is 0 Å². The van der Waals surface area contributed by atoms with E-state index in [1.54, 1.807) is 29.5 Å². The zero-order valence-corrected chi connectivity index (χ0v) is 15.7. The van der Waals surface area contributed by atoms with Crippen LogP contribution in [0.15, 0.2) is 40.9 Å². The SMILES string of the molecule is Cn1c(Cc2cccs2)nnc1SCC(=O)c1ccc2c(c1)CC(=O)N2. The first-order valence-electron chi connectivity index (χ1n) is 8.09. The summed E-state index contributed by atoms with van der Waals surface area (Å²) in [5, 5.41) is 14.0. The first kappa shape index (κ1) is 17.0. The van der Waals surface area contributed by atoms with Gasteiger partial charge in [-0.25, -0.2) is 0 Å². The van der Waals surface area contributed by atoms with Gasteiger partial charge in [0, 0.05) is 29.6 Å². The minimum Gasteiger partial charge on any atom is -0.326 e. The number of nitrogens with one attached hydrogen (secondary N) is 1. The summed E-state index contributed by atoms with van der Waals surface area (Å²) in [4.78, 5) is 25.2. The minimum absolute atomic E-state index is 0.0138. The van der Waals surface area contributed by atoms with E-state index >= 15 is 0 Å². The van der Waals surface area contributed by atoms with Crippen molar-refractivity contribution in [3.63, 3.8) is 0 Å². The number of Topliss-reactive ketones (excluding diaryl/α,β-unsaturated/α-hetero) is 1. The summed E-state index contributed by atoms with van der Waals surface area (Å²) in [6.45, 7) is 0. The third kappa shape index (κ3) is 3.42. The molecule has 1 amide bonds. The summed E-state index contributed by atoms with van der Waals surface area (Å²) in [5.41, 5.74) is 2.29. The lowest BCUT2D eigenvalue weighted by Gasteiger charge is -2.05. The fourth-order valence-corrected chi connectivity index (χ4v) is 4.34. The number of carbonyl (C=O) groups is 2. The number of hydrogen-bond donors (Lipinski definition) is 1. The van der Waals surface area contributed by atoms with Crippen molar-refractivity contribution < 1.29 is 9.59 Å². The van der Waals surface area contributed by atoms with E-state index in [1.807, 2.05) is 23.1 Å². The lowest BCUT2D eigenvalue weighted by atomic mass is 10.1. The number of amides is 1. The number of thiophene rings is 1. The number of nitrogens with zero attached hydrogens (tertiary/aromatic N) is 3. The average Bonchev–Trinajstić information content (AvgIpc) is 3.34. The number of anilines is 1. The van der Waals surface area contributed by atoms with Gasteiger partial charge in [0.2, 0.25) is 5.91 Å². The second-order valence-corrected chi connectivity index (χ2v) is 8.00. The molecule has 3 aromatic rings. The Bertz CT molecular complexity index is 979. The quantitative estimate of drug-likeness (QED) is 0.522. The number of aromatic nitrogens is 3. The molecule has 0 spiro atoms. The Balaban J connectivity index is 1.41. The monoisotopic (exact) mass is 384 g/mol. The van der Waals surface area contributed by atoms with E-state index in [0.29, 0.717) is 12.0 Å². The van der Waals surface area contributed by atoms with Crippen molar-refractivity contribution in [2.45, 2.75) is 18.0 Å². The molecule has 1 aliphatic rings. The van der Waals surface area contributed by atoms with E-state index in [0.717, 1.165) is 28.7 Å². The van der Waals surface area contributed by atoms with Crippen LogP contribution in [0.5, 0.6) is 0 Å². The van der Waals surface area contributed by atoms with Gasteiger partial charge >= 0.3 is 0 Å². The highest BCUT2D eigenvalue weighted by Crippen LogP contribution is 2.25. The van der Waals surface area contributed by atoms with Gasteiger partial charge in [-0.2, -0.15) is 0 Å². The molecule has 26 heavy (non-hydrogen) atoms. The zero-order valence-electron chi connectivity index (χ0n) is 14.1. The van der Waals surface area contributed by atoms with Crippen molar-refractivity contribution >= 4 is 40.5 Å². The van der Waals surface area contributed by atoms with Crippen LogP contribution >= 0.6 is 23.1 Å². The number of benzene rings is 1. The predicted octanol–water partition coefficient (Wildman–Crippen LogP) is 2.94. The molecule has 0 saturated heterocycles. The molecular formula is C18H16N4O2S2. The van der Waals surface area contributed by atoms with Crippen LogP contribution in [-0.2, 0) is 24.7 Å². The zero-order chi connectivity index (χ0) is 18.1. The predicted molar refractivity (Wildman–Crippen MR) is 102 cm³/mol. The summed E-state index contributed by atoms with van der Waals surface area (Å²) in [7, 11) is 1.92. The van der Waals surface area contributed by atoms with Crippen LogP contribution in [0.3, 0.4) is 0 Å². The number of ketones is 1. The van der Waals surface area contributed by atoms with Gasteiger partial charge in [0.1, 0.15) is 5.82 Å². The number of thioether (sulfide) groups is 1. The van der Waals surface area contributed by atoms with Gasteiger partial charge in [-0.15, -0.1) is 21.5 Å². The standard InChI is InChI=1S/C18H16N4O2S2/c1-22-16(9-13-3-2-6-25-13)20-21-18(22)26-10-15(23)11-4-5-14-12(7-11)8-17(24)19-14/h2-7H,8-10H2,1H3,(H,19,24). The van der Waals surface area contributed by atoms with Gasteiger partial charge in [0.25, 0.3) is 0 Å². The van der Waals surface area contributed by atoms with Crippen molar-refractivity contribution in [3.8, 4) is 0 Å². The van der Waals surface area contributed by atoms with Crippen molar-refractivity contribution in [2.75, 3.05) is 11.1 Å². The highest BCUT2D eigenvalue weighted by atomic mass is 32.2. The molecule has 1 aromatic carbocycles. The maximum Gasteiger partial charge on any atom is 0.228 e. The number of carbonyl (C=O) groups excluding carboxylic acids is 2. The minimum atomic E-state index is -0.0312. The maximum absolute atomic E-state index is 12.5. The third-order valence-electron chi connectivity index (χ3n) is 4.22. The molecule has 1 N–H and O–H groups in total. The molecule has 2 aromatic heterocycles. The first-order chi connectivity index (χ1) is 12.6. The molecule has 3 heterocycles. The smallest absolute Gasteiger partial charge is 0.228 e. The Morgan fingerprint density at radius 2 is 2.23 bits per heavy atom. The molecular weight excluding hydrogens is 368 g/mol. The Kier molecular flexibility index (Phi) is 4.60. The fourth-order valence-electron chi connectivity index (χ4n) is 2.81. The lowest BCUT2D eigenvalue weighted by Crippen LogP contribution is -2.05. The van der Waals surface area contributed by atoms with Crippen molar-refractivity contribution in [1.82, 2.24) is 14.8 Å². The van der Waals surface area contributed by atoms with Crippen molar-refractivity contribution in [3.05, 3.63) is 57.5 Å². The Morgan fingerprint density at radius 1 is 1.35 bits per heavy atom. The van der Waals surface area contributed by atoms with Crippen LogP contribution in [0.4, 0.5) is 5.69 Å². The molecule has 0 fully saturated rings. The molecule has 0 radical (unpaired) electrons. The van der Waals surface area contributed by atoms with Gasteiger partial charge in [-0.1, -0.05) is 17.8 Å².